The number of ether oxygens (including phenoxy) is 1. The molecule has 1 aliphatic rings. The number of carbonyl (C=O) groups is 1. The maximum absolute atomic E-state index is 12.1. The fourth-order valence-electron chi connectivity index (χ4n) is 3.31. The van der Waals surface area contributed by atoms with Crippen LogP contribution in [0.2, 0.25) is 0 Å². The number of H-pyrrole nitrogens is 1. The number of carbonyl (C=O) groups excluding carboxylic acids is 1. The van der Waals surface area contributed by atoms with E-state index in [1.165, 1.54) is 7.11 Å². The molecule has 1 amide bonds. The molecule has 136 valence electrons. The molecule has 0 aliphatic carbocycles. The lowest BCUT2D eigenvalue weighted by Gasteiger charge is -2.20. The van der Waals surface area contributed by atoms with Crippen molar-refractivity contribution >= 4 is 17.8 Å². The minimum atomic E-state index is -0.109. The van der Waals surface area contributed by atoms with Gasteiger partial charge in [0.25, 0.3) is 0 Å². The lowest BCUT2D eigenvalue weighted by Crippen LogP contribution is -2.21. The normalized spacial score (nSPS) is 16.2. The molecule has 0 spiro atoms. The average Bonchev–Trinajstić information content (AvgIpc) is 3.11. The Balaban J connectivity index is 1.71. The molecule has 0 fully saturated rings. The van der Waals surface area contributed by atoms with E-state index in [2.05, 4.69) is 15.5 Å². The molecule has 1 atom stereocenters. The number of aromatic nitrogens is 2. The summed E-state index contributed by atoms with van der Waals surface area (Å²) < 4.78 is 5.15. The summed E-state index contributed by atoms with van der Waals surface area (Å²) >= 11 is 0. The Labute approximate surface area is 156 Å². The number of aromatic amines is 1. The maximum Gasteiger partial charge on any atom is 0.226 e. The second-order valence-electron chi connectivity index (χ2n) is 6.38. The van der Waals surface area contributed by atoms with Crippen LogP contribution in [-0.2, 0) is 4.79 Å². The standard InChI is InChI=1S/C21H19N3O3/c1-27-17-11-13(8-10-16(17)25)7-9-15-12-18(26)22-21-19(15)20(23-24-21)14-5-3-2-4-6-14/h2-11,15,25H,12H2,1H3,(H2,22,23,24,26)/b9-7+/t15-/m1/s1. The van der Waals surface area contributed by atoms with Crippen LogP contribution in [0.25, 0.3) is 17.3 Å². The number of aromatic hydroxyl groups is 1. The predicted octanol–water partition coefficient (Wildman–Crippen LogP) is 3.93. The lowest BCUT2D eigenvalue weighted by atomic mass is 9.89. The minimum absolute atomic E-state index is 0.0634. The van der Waals surface area contributed by atoms with Crippen LogP contribution < -0.4 is 10.1 Å². The van der Waals surface area contributed by atoms with E-state index in [1.807, 2.05) is 42.5 Å². The zero-order valence-corrected chi connectivity index (χ0v) is 14.8. The Morgan fingerprint density at radius 2 is 2.04 bits per heavy atom. The second kappa shape index (κ2) is 6.99. The molecule has 1 aliphatic heterocycles. The van der Waals surface area contributed by atoms with Gasteiger partial charge in [0.2, 0.25) is 5.91 Å². The molecule has 2 aromatic carbocycles. The molecule has 0 radical (unpaired) electrons. The molecule has 0 saturated heterocycles. The highest BCUT2D eigenvalue weighted by molar-refractivity contribution is 5.95. The number of nitrogens with zero attached hydrogens (tertiary/aromatic N) is 1. The topological polar surface area (TPSA) is 87.2 Å². The van der Waals surface area contributed by atoms with E-state index in [9.17, 15) is 9.90 Å². The van der Waals surface area contributed by atoms with Gasteiger partial charge >= 0.3 is 0 Å². The van der Waals surface area contributed by atoms with Gasteiger partial charge in [0, 0.05) is 17.9 Å². The van der Waals surface area contributed by atoms with Crippen molar-refractivity contribution < 1.29 is 14.6 Å². The van der Waals surface area contributed by atoms with E-state index in [0.29, 0.717) is 18.0 Å². The average molecular weight is 361 g/mol. The Morgan fingerprint density at radius 3 is 2.81 bits per heavy atom. The number of hydrogen-bond acceptors (Lipinski definition) is 4. The molecule has 3 N–H and O–H groups in total. The number of rotatable bonds is 4. The van der Waals surface area contributed by atoms with E-state index in [4.69, 9.17) is 4.74 Å². The van der Waals surface area contributed by atoms with E-state index in [1.54, 1.807) is 18.2 Å². The third kappa shape index (κ3) is 3.29. The highest BCUT2D eigenvalue weighted by Gasteiger charge is 2.29. The smallest absolute Gasteiger partial charge is 0.226 e. The molecule has 6 nitrogen and oxygen atoms in total. The lowest BCUT2D eigenvalue weighted by molar-refractivity contribution is -0.116. The molecular weight excluding hydrogens is 342 g/mol. The summed E-state index contributed by atoms with van der Waals surface area (Å²) in [5.41, 5.74) is 3.78. The first kappa shape index (κ1) is 16.9. The Morgan fingerprint density at radius 1 is 1.22 bits per heavy atom. The van der Waals surface area contributed by atoms with E-state index in [0.717, 1.165) is 22.4 Å². The van der Waals surface area contributed by atoms with Crippen molar-refractivity contribution in [2.45, 2.75) is 12.3 Å². The molecular formula is C21H19N3O3. The van der Waals surface area contributed by atoms with Crippen molar-refractivity contribution in [2.24, 2.45) is 0 Å². The number of methoxy groups -OCH3 is 1. The Bertz CT molecular complexity index is 1010. The van der Waals surface area contributed by atoms with Crippen LogP contribution in [0.15, 0.2) is 54.6 Å². The zero-order chi connectivity index (χ0) is 18.8. The van der Waals surface area contributed by atoms with E-state index < -0.39 is 0 Å². The quantitative estimate of drug-likeness (QED) is 0.657. The van der Waals surface area contributed by atoms with E-state index >= 15 is 0 Å². The van der Waals surface area contributed by atoms with Gasteiger partial charge in [-0.2, -0.15) is 5.10 Å². The first-order chi connectivity index (χ1) is 13.2. The number of hydrogen-bond donors (Lipinski definition) is 3. The fourth-order valence-corrected chi connectivity index (χ4v) is 3.31. The summed E-state index contributed by atoms with van der Waals surface area (Å²) in [4.78, 5) is 12.1. The molecule has 27 heavy (non-hydrogen) atoms. The van der Waals surface area contributed by atoms with Crippen molar-refractivity contribution in [1.82, 2.24) is 10.2 Å². The van der Waals surface area contributed by atoms with Gasteiger partial charge in [-0.15, -0.1) is 0 Å². The molecule has 3 aromatic rings. The Kier molecular flexibility index (Phi) is 4.38. The van der Waals surface area contributed by atoms with Gasteiger partial charge in [0.1, 0.15) is 0 Å². The van der Waals surface area contributed by atoms with E-state index in [-0.39, 0.29) is 17.6 Å². The van der Waals surface area contributed by atoms with Gasteiger partial charge in [-0.1, -0.05) is 48.6 Å². The van der Waals surface area contributed by atoms with Crippen LogP contribution in [0.5, 0.6) is 11.5 Å². The maximum atomic E-state index is 12.1. The van der Waals surface area contributed by atoms with Crippen molar-refractivity contribution in [3.05, 3.63) is 65.7 Å². The number of allylic oxidation sites excluding steroid dienone is 1. The molecule has 4 rings (SSSR count). The van der Waals surface area contributed by atoms with Gasteiger partial charge in [-0.05, 0) is 23.3 Å². The molecule has 0 saturated carbocycles. The summed E-state index contributed by atoms with van der Waals surface area (Å²) in [6, 6.07) is 15.1. The number of phenols is 1. The number of anilines is 1. The SMILES string of the molecule is COc1cc(/C=C/[C@@H]2CC(=O)Nc3n[nH]c(-c4ccccc4)c32)ccc1O. The van der Waals surface area contributed by atoms with Gasteiger partial charge in [-0.3, -0.25) is 9.89 Å². The van der Waals surface area contributed by atoms with Crippen molar-refractivity contribution in [1.29, 1.82) is 0 Å². The zero-order valence-electron chi connectivity index (χ0n) is 14.8. The van der Waals surface area contributed by atoms with Crippen LogP contribution in [0, 0.1) is 0 Å². The molecule has 0 bridgehead atoms. The number of benzene rings is 2. The number of phenolic OH excluding ortho intramolecular Hbond substituents is 1. The van der Waals surface area contributed by atoms with Crippen LogP contribution in [-0.4, -0.2) is 28.3 Å². The molecule has 6 heteroatoms. The molecule has 2 heterocycles. The number of nitrogens with one attached hydrogen (secondary N) is 2. The number of fused-ring (bicyclic) bond motifs is 1. The third-order valence-electron chi connectivity index (χ3n) is 4.63. The van der Waals surface area contributed by atoms with Gasteiger partial charge < -0.3 is 15.2 Å². The summed E-state index contributed by atoms with van der Waals surface area (Å²) in [6.45, 7) is 0. The fraction of sp³-hybridized carbons (Fsp3) is 0.143. The second-order valence-corrected chi connectivity index (χ2v) is 6.38. The summed E-state index contributed by atoms with van der Waals surface area (Å²) in [5.74, 6) is 0.903. The third-order valence-corrected chi connectivity index (χ3v) is 4.63. The predicted molar refractivity (Wildman–Crippen MR) is 104 cm³/mol. The molecule has 0 unspecified atom stereocenters. The van der Waals surface area contributed by atoms with Gasteiger partial charge in [0.15, 0.2) is 17.3 Å². The van der Waals surface area contributed by atoms with Crippen LogP contribution >= 0.6 is 0 Å². The van der Waals surface area contributed by atoms with Crippen LogP contribution in [0.3, 0.4) is 0 Å². The van der Waals surface area contributed by atoms with Gasteiger partial charge in [0.05, 0.1) is 12.8 Å². The summed E-state index contributed by atoms with van der Waals surface area (Å²) in [7, 11) is 1.51. The summed E-state index contributed by atoms with van der Waals surface area (Å²) in [6.07, 6.45) is 4.26. The van der Waals surface area contributed by atoms with Crippen LogP contribution in [0.4, 0.5) is 5.82 Å². The Hall–Kier alpha value is -3.54. The monoisotopic (exact) mass is 361 g/mol. The number of amides is 1. The molecule has 1 aromatic heterocycles. The van der Waals surface area contributed by atoms with Gasteiger partial charge in [-0.25, -0.2) is 0 Å². The highest BCUT2D eigenvalue weighted by atomic mass is 16.5. The van der Waals surface area contributed by atoms with Crippen molar-refractivity contribution in [3.8, 4) is 22.8 Å². The largest absolute Gasteiger partial charge is 0.504 e. The summed E-state index contributed by atoms with van der Waals surface area (Å²) in [5, 5.41) is 19.9. The van der Waals surface area contributed by atoms with Crippen LogP contribution in [0.1, 0.15) is 23.5 Å². The first-order valence-electron chi connectivity index (χ1n) is 8.64. The highest BCUT2D eigenvalue weighted by Crippen LogP contribution is 2.39. The van der Waals surface area contributed by atoms with Crippen molar-refractivity contribution in [2.75, 3.05) is 12.4 Å². The first-order valence-corrected chi connectivity index (χ1v) is 8.64. The minimum Gasteiger partial charge on any atom is -0.504 e. The van der Waals surface area contributed by atoms with Crippen molar-refractivity contribution in [3.63, 3.8) is 0 Å².